The van der Waals surface area contributed by atoms with Gasteiger partial charge < -0.3 is 10.0 Å². The highest BCUT2D eigenvalue weighted by Gasteiger charge is 2.27. The standard InChI is InChI=1S/C15H29NO/c1-3-13-4-6-14(7-5-13)11-16-9-8-15(17)10-12(16)2/h12-15,17H,3-11H2,1-2H3. The third-order valence-corrected chi connectivity index (χ3v) is 5.02. The van der Waals surface area contributed by atoms with Crippen molar-refractivity contribution in [3.63, 3.8) is 0 Å². The van der Waals surface area contributed by atoms with E-state index in [1.54, 1.807) is 0 Å². The van der Waals surface area contributed by atoms with Crippen LogP contribution in [0.15, 0.2) is 0 Å². The quantitative estimate of drug-likeness (QED) is 0.818. The Bertz CT molecular complexity index is 223. The molecule has 100 valence electrons. The molecule has 0 aromatic rings. The van der Waals surface area contributed by atoms with E-state index in [-0.39, 0.29) is 6.10 Å². The summed E-state index contributed by atoms with van der Waals surface area (Å²) in [6.45, 7) is 7.00. The van der Waals surface area contributed by atoms with Crippen LogP contribution in [0.1, 0.15) is 58.8 Å². The van der Waals surface area contributed by atoms with Gasteiger partial charge in [-0.15, -0.1) is 0 Å². The summed E-state index contributed by atoms with van der Waals surface area (Å²) in [6.07, 6.45) is 9.06. The minimum absolute atomic E-state index is 0.0444. The molecule has 0 amide bonds. The van der Waals surface area contributed by atoms with Crippen molar-refractivity contribution in [3.05, 3.63) is 0 Å². The third-order valence-electron chi connectivity index (χ3n) is 5.02. The van der Waals surface area contributed by atoms with Crippen molar-refractivity contribution >= 4 is 0 Å². The predicted octanol–water partition coefficient (Wildman–Crippen LogP) is 3.05. The Labute approximate surface area is 106 Å². The molecule has 0 aromatic carbocycles. The summed E-state index contributed by atoms with van der Waals surface area (Å²) in [4.78, 5) is 2.61. The van der Waals surface area contributed by atoms with Gasteiger partial charge in [-0.2, -0.15) is 0 Å². The highest BCUT2D eigenvalue weighted by Crippen LogP contribution is 2.32. The van der Waals surface area contributed by atoms with Crippen LogP contribution in [0.25, 0.3) is 0 Å². The van der Waals surface area contributed by atoms with Gasteiger partial charge in [-0.25, -0.2) is 0 Å². The largest absolute Gasteiger partial charge is 0.393 e. The second kappa shape index (κ2) is 6.19. The zero-order valence-corrected chi connectivity index (χ0v) is 11.6. The molecule has 1 heterocycles. The molecule has 2 atom stereocenters. The van der Waals surface area contributed by atoms with Crippen LogP contribution in [0.3, 0.4) is 0 Å². The maximum Gasteiger partial charge on any atom is 0.0567 e. The Kier molecular flexibility index (Phi) is 4.87. The molecule has 0 spiro atoms. The topological polar surface area (TPSA) is 23.5 Å². The zero-order chi connectivity index (χ0) is 12.3. The van der Waals surface area contributed by atoms with Crippen molar-refractivity contribution in [3.8, 4) is 0 Å². The number of hydrogen-bond acceptors (Lipinski definition) is 2. The van der Waals surface area contributed by atoms with Crippen molar-refractivity contribution in [1.82, 2.24) is 4.90 Å². The fraction of sp³-hybridized carbons (Fsp3) is 1.00. The van der Waals surface area contributed by atoms with Gasteiger partial charge >= 0.3 is 0 Å². The van der Waals surface area contributed by atoms with Crippen LogP contribution in [-0.2, 0) is 0 Å². The van der Waals surface area contributed by atoms with Gasteiger partial charge in [0.25, 0.3) is 0 Å². The highest BCUT2D eigenvalue weighted by atomic mass is 16.3. The van der Waals surface area contributed by atoms with E-state index in [4.69, 9.17) is 0 Å². The third kappa shape index (κ3) is 3.69. The molecule has 2 nitrogen and oxygen atoms in total. The molecular weight excluding hydrogens is 210 g/mol. The second-order valence-electron chi connectivity index (χ2n) is 6.32. The average molecular weight is 239 g/mol. The molecule has 1 aliphatic carbocycles. The first-order valence-electron chi connectivity index (χ1n) is 7.61. The summed E-state index contributed by atoms with van der Waals surface area (Å²) in [6, 6.07) is 0.586. The van der Waals surface area contributed by atoms with Crippen molar-refractivity contribution < 1.29 is 5.11 Å². The molecule has 1 saturated heterocycles. The van der Waals surface area contributed by atoms with Gasteiger partial charge in [0.2, 0.25) is 0 Å². The maximum absolute atomic E-state index is 9.64. The van der Waals surface area contributed by atoms with Crippen molar-refractivity contribution in [1.29, 1.82) is 0 Å². The highest BCUT2D eigenvalue weighted by molar-refractivity contribution is 4.82. The second-order valence-corrected chi connectivity index (χ2v) is 6.32. The maximum atomic E-state index is 9.64. The van der Waals surface area contributed by atoms with Gasteiger partial charge in [-0.1, -0.05) is 26.2 Å². The van der Waals surface area contributed by atoms with Gasteiger partial charge in [0, 0.05) is 19.1 Å². The fourth-order valence-electron chi connectivity index (χ4n) is 3.62. The van der Waals surface area contributed by atoms with Crippen LogP contribution in [0, 0.1) is 11.8 Å². The summed E-state index contributed by atoms with van der Waals surface area (Å²) in [5, 5.41) is 9.64. The average Bonchev–Trinajstić information content (AvgIpc) is 2.34. The number of aliphatic hydroxyl groups is 1. The van der Waals surface area contributed by atoms with E-state index in [9.17, 15) is 5.11 Å². The molecule has 2 aliphatic rings. The Morgan fingerprint density at radius 2 is 1.71 bits per heavy atom. The Balaban J connectivity index is 1.74. The molecule has 1 saturated carbocycles. The van der Waals surface area contributed by atoms with E-state index < -0.39 is 0 Å². The lowest BCUT2D eigenvalue weighted by molar-refractivity contribution is 0.0346. The van der Waals surface area contributed by atoms with Crippen molar-refractivity contribution in [2.75, 3.05) is 13.1 Å². The lowest BCUT2D eigenvalue weighted by Gasteiger charge is -2.39. The summed E-state index contributed by atoms with van der Waals surface area (Å²) >= 11 is 0. The van der Waals surface area contributed by atoms with E-state index in [1.807, 2.05) is 0 Å². The molecule has 1 N–H and O–H groups in total. The molecule has 2 heteroatoms. The zero-order valence-electron chi connectivity index (χ0n) is 11.6. The first-order valence-corrected chi connectivity index (χ1v) is 7.61. The predicted molar refractivity (Wildman–Crippen MR) is 72.0 cm³/mol. The molecule has 0 bridgehead atoms. The Morgan fingerprint density at radius 1 is 1.06 bits per heavy atom. The van der Waals surface area contributed by atoms with Crippen molar-refractivity contribution in [2.24, 2.45) is 11.8 Å². The van der Waals surface area contributed by atoms with Gasteiger partial charge in [-0.3, -0.25) is 0 Å². The lowest BCUT2D eigenvalue weighted by atomic mass is 9.80. The Hall–Kier alpha value is -0.0800. The van der Waals surface area contributed by atoms with E-state index in [0.29, 0.717) is 6.04 Å². The SMILES string of the molecule is CCC1CCC(CN2CCC(O)CC2C)CC1. The van der Waals surface area contributed by atoms with Gasteiger partial charge in [0.15, 0.2) is 0 Å². The van der Waals surface area contributed by atoms with Crippen LogP contribution >= 0.6 is 0 Å². The van der Waals surface area contributed by atoms with Crippen LogP contribution in [0.5, 0.6) is 0 Å². The summed E-state index contributed by atoms with van der Waals surface area (Å²) < 4.78 is 0. The van der Waals surface area contributed by atoms with Crippen LogP contribution in [0.4, 0.5) is 0 Å². The summed E-state index contributed by atoms with van der Waals surface area (Å²) in [5.74, 6) is 1.93. The first kappa shape index (κ1) is 13.4. The van der Waals surface area contributed by atoms with Gasteiger partial charge in [0.1, 0.15) is 0 Å². The molecule has 2 fully saturated rings. The lowest BCUT2D eigenvalue weighted by Crippen LogP contribution is -2.45. The smallest absolute Gasteiger partial charge is 0.0567 e. The van der Waals surface area contributed by atoms with E-state index >= 15 is 0 Å². The van der Waals surface area contributed by atoms with Gasteiger partial charge in [-0.05, 0) is 44.4 Å². The Morgan fingerprint density at radius 3 is 2.29 bits per heavy atom. The molecule has 2 rings (SSSR count). The molecule has 17 heavy (non-hydrogen) atoms. The number of likely N-dealkylation sites (tertiary alicyclic amines) is 1. The first-order chi connectivity index (χ1) is 8.19. The fourth-order valence-corrected chi connectivity index (χ4v) is 3.62. The van der Waals surface area contributed by atoms with E-state index in [1.165, 1.54) is 38.6 Å². The van der Waals surface area contributed by atoms with Crippen molar-refractivity contribution in [2.45, 2.75) is 70.9 Å². The molecule has 0 radical (unpaired) electrons. The normalized spacial score (nSPS) is 40.4. The number of hydrogen-bond donors (Lipinski definition) is 1. The van der Waals surface area contributed by atoms with Crippen LogP contribution < -0.4 is 0 Å². The van der Waals surface area contributed by atoms with Gasteiger partial charge in [0.05, 0.1) is 6.10 Å². The van der Waals surface area contributed by atoms with E-state index in [0.717, 1.165) is 31.2 Å². The number of piperidine rings is 1. The molecule has 2 unspecified atom stereocenters. The van der Waals surface area contributed by atoms with E-state index in [2.05, 4.69) is 18.7 Å². The number of nitrogens with zero attached hydrogens (tertiary/aromatic N) is 1. The molecule has 0 aromatic heterocycles. The van der Waals surface area contributed by atoms with Crippen LogP contribution in [0.2, 0.25) is 0 Å². The minimum Gasteiger partial charge on any atom is -0.393 e. The number of aliphatic hydroxyl groups excluding tert-OH is 1. The molecular formula is C15H29NO. The summed E-state index contributed by atoms with van der Waals surface area (Å²) in [5.41, 5.74) is 0. The van der Waals surface area contributed by atoms with Crippen LogP contribution in [-0.4, -0.2) is 35.2 Å². The number of rotatable bonds is 3. The summed E-state index contributed by atoms with van der Waals surface area (Å²) in [7, 11) is 0. The monoisotopic (exact) mass is 239 g/mol. The molecule has 1 aliphatic heterocycles. The minimum atomic E-state index is -0.0444.